The zero-order valence-corrected chi connectivity index (χ0v) is 12.8. The van der Waals surface area contributed by atoms with Gasteiger partial charge in [-0.25, -0.2) is 0 Å². The number of hydrogen-bond donors (Lipinski definition) is 1. The third-order valence-electron chi connectivity index (χ3n) is 2.87. The van der Waals surface area contributed by atoms with Gasteiger partial charge in [0.05, 0.1) is 6.61 Å². The number of hydrogen-bond acceptors (Lipinski definition) is 2. The summed E-state index contributed by atoms with van der Waals surface area (Å²) in [5.74, 6) is -0.0751. The monoisotopic (exact) mass is 333 g/mol. The Bertz CT molecular complexity index is 581. The van der Waals surface area contributed by atoms with Gasteiger partial charge in [-0.15, -0.1) is 0 Å². The Morgan fingerprint density at radius 3 is 2.55 bits per heavy atom. The van der Waals surface area contributed by atoms with Crippen LogP contribution in [0.15, 0.2) is 53.0 Å². The Labute approximate surface area is 127 Å². The third-order valence-corrected chi connectivity index (χ3v) is 3.36. The highest BCUT2D eigenvalue weighted by atomic mass is 79.9. The Kier molecular flexibility index (Phi) is 5.32. The van der Waals surface area contributed by atoms with Crippen molar-refractivity contribution in [2.24, 2.45) is 0 Å². The average Bonchev–Trinajstić information content (AvgIpc) is 2.46. The summed E-state index contributed by atoms with van der Waals surface area (Å²) in [5.41, 5.74) is 2.76. The molecule has 0 saturated carbocycles. The summed E-state index contributed by atoms with van der Waals surface area (Å²) in [7, 11) is 1.65. The molecule has 104 valence electrons. The zero-order valence-electron chi connectivity index (χ0n) is 11.2. The van der Waals surface area contributed by atoms with Gasteiger partial charge in [-0.3, -0.25) is 4.79 Å². The van der Waals surface area contributed by atoms with E-state index in [-0.39, 0.29) is 5.91 Å². The predicted molar refractivity (Wildman–Crippen MR) is 82.5 cm³/mol. The lowest BCUT2D eigenvalue weighted by atomic mass is 10.1. The van der Waals surface area contributed by atoms with Crippen molar-refractivity contribution in [2.45, 2.75) is 13.2 Å². The van der Waals surface area contributed by atoms with Gasteiger partial charge in [0, 0.05) is 23.7 Å². The maximum atomic E-state index is 12.0. The second-order valence-electron chi connectivity index (χ2n) is 4.44. The van der Waals surface area contributed by atoms with Gasteiger partial charge in [-0.1, -0.05) is 40.2 Å². The van der Waals surface area contributed by atoms with E-state index in [1.165, 1.54) is 0 Å². The van der Waals surface area contributed by atoms with Gasteiger partial charge >= 0.3 is 0 Å². The first-order valence-corrected chi connectivity index (χ1v) is 7.09. The minimum absolute atomic E-state index is 0.0751. The molecule has 2 rings (SSSR count). The van der Waals surface area contributed by atoms with Crippen LogP contribution in [0.3, 0.4) is 0 Å². The molecular weight excluding hydrogens is 318 g/mol. The molecular formula is C16H16BrNO2. The zero-order chi connectivity index (χ0) is 14.4. The number of carbonyl (C=O) groups is 1. The molecule has 1 amide bonds. The smallest absolute Gasteiger partial charge is 0.251 e. The normalized spacial score (nSPS) is 10.3. The molecule has 0 aliphatic carbocycles. The highest BCUT2D eigenvalue weighted by Crippen LogP contribution is 2.11. The number of methoxy groups -OCH3 is 1. The van der Waals surface area contributed by atoms with E-state index in [0.29, 0.717) is 18.7 Å². The first kappa shape index (κ1) is 14.8. The Morgan fingerprint density at radius 1 is 1.15 bits per heavy atom. The maximum Gasteiger partial charge on any atom is 0.251 e. The largest absolute Gasteiger partial charge is 0.380 e. The molecule has 0 radical (unpaired) electrons. The highest BCUT2D eigenvalue weighted by molar-refractivity contribution is 9.10. The summed E-state index contributed by atoms with van der Waals surface area (Å²) >= 11 is 3.41. The minimum atomic E-state index is -0.0751. The molecule has 0 aliphatic rings. The van der Waals surface area contributed by atoms with Crippen LogP contribution >= 0.6 is 15.9 Å². The van der Waals surface area contributed by atoms with Crippen LogP contribution in [0, 0.1) is 0 Å². The molecule has 1 N–H and O–H groups in total. The van der Waals surface area contributed by atoms with E-state index >= 15 is 0 Å². The number of ether oxygens (including phenoxy) is 1. The van der Waals surface area contributed by atoms with Crippen LogP contribution in [0.2, 0.25) is 0 Å². The quantitative estimate of drug-likeness (QED) is 0.908. The van der Waals surface area contributed by atoms with Crippen LogP contribution in [0.25, 0.3) is 0 Å². The van der Waals surface area contributed by atoms with E-state index in [1.54, 1.807) is 7.11 Å². The van der Waals surface area contributed by atoms with Crippen LogP contribution in [-0.4, -0.2) is 13.0 Å². The summed E-state index contributed by atoms with van der Waals surface area (Å²) < 4.78 is 6.05. The van der Waals surface area contributed by atoms with Gasteiger partial charge in [-0.2, -0.15) is 0 Å². The summed E-state index contributed by atoms with van der Waals surface area (Å²) in [6, 6.07) is 15.3. The lowest BCUT2D eigenvalue weighted by molar-refractivity contribution is 0.0951. The topological polar surface area (TPSA) is 38.3 Å². The summed E-state index contributed by atoms with van der Waals surface area (Å²) in [6.07, 6.45) is 0. The van der Waals surface area contributed by atoms with E-state index in [1.807, 2.05) is 48.5 Å². The Balaban J connectivity index is 1.94. The van der Waals surface area contributed by atoms with Gasteiger partial charge in [0.2, 0.25) is 0 Å². The fraction of sp³-hybridized carbons (Fsp3) is 0.188. The molecule has 2 aromatic carbocycles. The first-order chi connectivity index (χ1) is 9.69. The lowest BCUT2D eigenvalue weighted by Crippen LogP contribution is -2.22. The first-order valence-electron chi connectivity index (χ1n) is 6.29. The van der Waals surface area contributed by atoms with Crippen molar-refractivity contribution in [1.82, 2.24) is 5.32 Å². The third kappa shape index (κ3) is 4.18. The molecule has 0 saturated heterocycles. The van der Waals surface area contributed by atoms with Gasteiger partial charge in [0.15, 0.2) is 0 Å². The van der Waals surface area contributed by atoms with Crippen molar-refractivity contribution in [2.75, 3.05) is 7.11 Å². The molecule has 0 aliphatic heterocycles. The predicted octanol–water partition coefficient (Wildman–Crippen LogP) is 3.53. The van der Waals surface area contributed by atoms with Crippen molar-refractivity contribution in [3.05, 3.63) is 69.7 Å². The van der Waals surface area contributed by atoms with Crippen molar-refractivity contribution >= 4 is 21.8 Å². The Morgan fingerprint density at radius 2 is 1.90 bits per heavy atom. The van der Waals surface area contributed by atoms with E-state index in [4.69, 9.17) is 4.74 Å². The highest BCUT2D eigenvalue weighted by Gasteiger charge is 2.05. The standard InChI is InChI=1S/C16H16BrNO2/c1-20-11-12-5-7-14(8-6-12)16(19)18-10-13-3-2-4-15(17)9-13/h2-9H,10-11H2,1H3,(H,18,19). The number of carbonyl (C=O) groups excluding carboxylic acids is 1. The molecule has 0 atom stereocenters. The maximum absolute atomic E-state index is 12.0. The molecule has 0 heterocycles. The fourth-order valence-electron chi connectivity index (χ4n) is 1.85. The molecule has 0 aromatic heterocycles. The molecule has 2 aromatic rings. The van der Waals surface area contributed by atoms with Crippen LogP contribution < -0.4 is 5.32 Å². The van der Waals surface area contributed by atoms with Crippen LogP contribution in [0.4, 0.5) is 0 Å². The van der Waals surface area contributed by atoms with Crippen LogP contribution in [0.5, 0.6) is 0 Å². The lowest BCUT2D eigenvalue weighted by Gasteiger charge is -2.07. The van der Waals surface area contributed by atoms with Crippen molar-refractivity contribution in [1.29, 1.82) is 0 Å². The van der Waals surface area contributed by atoms with Gasteiger partial charge in [0.1, 0.15) is 0 Å². The van der Waals surface area contributed by atoms with E-state index in [9.17, 15) is 4.79 Å². The summed E-state index contributed by atoms with van der Waals surface area (Å²) in [6.45, 7) is 1.07. The molecule has 4 heteroatoms. The minimum Gasteiger partial charge on any atom is -0.380 e. The molecule has 0 unspecified atom stereocenters. The molecule has 0 fully saturated rings. The number of nitrogens with one attached hydrogen (secondary N) is 1. The van der Waals surface area contributed by atoms with Crippen molar-refractivity contribution in [3.63, 3.8) is 0 Å². The molecule has 20 heavy (non-hydrogen) atoms. The molecule has 0 spiro atoms. The second-order valence-corrected chi connectivity index (χ2v) is 5.36. The van der Waals surface area contributed by atoms with E-state index in [0.717, 1.165) is 15.6 Å². The second kappa shape index (κ2) is 7.22. The van der Waals surface area contributed by atoms with E-state index < -0.39 is 0 Å². The summed E-state index contributed by atoms with van der Waals surface area (Å²) in [4.78, 5) is 12.0. The van der Waals surface area contributed by atoms with E-state index in [2.05, 4.69) is 21.2 Å². The average molecular weight is 334 g/mol. The number of benzene rings is 2. The van der Waals surface area contributed by atoms with Crippen LogP contribution in [0.1, 0.15) is 21.5 Å². The van der Waals surface area contributed by atoms with Gasteiger partial charge in [0.25, 0.3) is 5.91 Å². The number of rotatable bonds is 5. The SMILES string of the molecule is COCc1ccc(C(=O)NCc2cccc(Br)c2)cc1. The fourth-order valence-corrected chi connectivity index (χ4v) is 2.30. The van der Waals surface area contributed by atoms with Crippen molar-refractivity contribution in [3.8, 4) is 0 Å². The number of amides is 1. The van der Waals surface area contributed by atoms with Gasteiger partial charge < -0.3 is 10.1 Å². The van der Waals surface area contributed by atoms with Gasteiger partial charge in [-0.05, 0) is 35.4 Å². The van der Waals surface area contributed by atoms with Crippen molar-refractivity contribution < 1.29 is 9.53 Å². The molecule has 3 nitrogen and oxygen atoms in total. The summed E-state index contributed by atoms with van der Waals surface area (Å²) in [5, 5.41) is 2.90. The molecule has 0 bridgehead atoms. The Hall–Kier alpha value is -1.65. The van der Waals surface area contributed by atoms with Crippen LogP contribution in [-0.2, 0) is 17.9 Å². The number of halogens is 1.